The zero-order valence-corrected chi connectivity index (χ0v) is 8.31. The van der Waals surface area contributed by atoms with Gasteiger partial charge in [0.1, 0.15) is 11.6 Å². The van der Waals surface area contributed by atoms with Crippen molar-refractivity contribution in [2.24, 2.45) is 0 Å². The smallest absolute Gasteiger partial charge is 0.337 e. The van der Waals surface area contributed by atoms with Crippen molar-refractivity contribution < 1.29 is 28.9 Å². The van der Waals surface area contributed by atoms with E-state index in [1.165, 1.54) is 7.11 Å². The van der Waals surface area contributed by atoms with E-state index in [-0.39, 0.29) is 17.6 Å². The number of rotatable bonds is 4. The molecule has 16 heavy (non-hydrogen) atoms. The van der Waals surface area contributed by atoms with Gasteiger partial charge in [0.15, 0.2) is 12.4 Å². The number of carbonyl (C=O) groups is 2. The molecule has 0 bridgehead atoms. The van der Waals surface area contributed by atoms with Crippen LogP contribution in [0.5, 0.6) is 5.75 Å². The topological polar surface area (TPSA) is 83.8 Å². The number of ether oxygens (including phenoxy) is 1. The lowest BCUT2D eigenvalue weighted by molar-refractivity contribution is -0.146. The second-order valence-corrected chi connectivity index (χ2v) is 2.97. The Morgan fingerprint density at radius 3 is 2.62 bits per heavy atom. The van der Waals surface area contributed by atoms with Gasteiger partial charge < -0.3 is 14.9 Å². The van der Waals surface area contributed by atoms with Gasteiger partial charge in [0.25, 0.3) is 0 Å². The highest BCUT2D eigenvalue weighted by Crippen LogP contribution is 2.25. The SMILES string of the molecule is COc1cc(F)c(C=O)c(C(O)C(=O)O)c1. The van der Waals surface area contributed by atoms with Gasteiger partial charge in [-0.1, -0.05) is 0 Å². The van der Waals surface area contributed by atoms with Gasteiger partial charge >= 0.3 is 5.97 Å². The maximum Gasteiger partial charge on any atom is 0.337 e. The summed E-state index contributed by atoms with van der Waals surface area (Å²) in [6, 6.07) is 2.04. The van der Waals surface area contributed by atoms with Crippen molar-refractivity contribution in [2.75, 3.05) is 7.11 Å². The molecule has 0 amide bonds. The van der Waals surface area contributed by atoms with Crippen LogP contribution in [0.3, 0.4) is 0 Å². The van der Waals surface area contributed by atoms with Gasteiger partial charge in [0.05, 0.1) is 12.7 Å². The lowest BCUT2D eigenvalue weighted by Crippen LogP contribution is -2.13. The third-order valence-electron chi connectivity index (χ3n) is 2.02. The van der Waals surface area contributed by atoms with Gasteiger partial charge in [-0.2, -0.15) is 0 Å². The van der Waals surface area contributed by atoms with Gasteiger partial charge in [-0.25, -0.2) is 9.18 Å². The van der Waals surface area contributed by atoms with E-state index in [2.05, 4.69) is 0 Å². The number of hydrogen-bond acceptors (Lipinski definition) is 4. The number of methoxy groups -OCH3 is 1. The predicted molar refractivity (Wildman–Crippen MR) is 50.9 cm³/mol. The van der Waals surface area contributed by atoms with Crippen LogP contribution in [-0.2, 0) is 4.79 Å². The van der Waals surface area contributed by atoms with Crippen LogP contribution in [0, 0.1) is 5.82 Å². The van der Waals surface area contributed by atoms with Crippen LogP contribution in [0.15, 0.2) is 12.1 Å². The summed E-state index contributed by atoms with van der Waals surface area (Å²) in [6.07, 6.45) is -1.82. The largest absolute Gasteiger partial charge is 0.497 e. The number of aldehydes is 1. The lowest BCUT2D eigenvalue weighted by Gasteiger charge is -2.11. The quantitative estimate of drug-likeness (QED) is 0.743. The highest BCUT2D eigenvalue weighted by atomic mass is 19.1. The van der Waals surface area contributed by atoms with E-state index in [0.29, 0.717) is 0 Å². The Balaban J connectivity index is 3.39. The zero-order valence-electron chi connectivity index (χ0n) is 8.31. The van der Waals surface area contributed by atoms with Gasteiger partial charge in [0, 0.05) is 11.6 Å². The van der Waals surface area contributed by atoms with Gasteiger partial charge in [-0.05, 0) is 6.07 Å². The Hall–Kier alpha value is -1.95. The fraction of sp³-hybridized carbons (Fsp3) is 0.200. The Bertz CT molecular complexity index is 429. The second-order valence-electron chi connectivity index (χ2n) is 2.97. The summed E-state index contributed by atoms with van der Waals surface area (Å²) in [7, 11) is 1.26. The highest BCUT2D eigenvalue weighted by molar-refractivity contribution is 5.83. The van der Waals surface area contributed by atoms with Crippen molar-refractivity contribution in [3.63, 3.8) is 0 Å². The van der Waals surface area contributed by atoms with Crippen molar-refractivity contribution >= 4 is 12.3 Å². The summed E-state index contributed by atoms with van der Waals surface area (Å²) < 4.78 is 18.0. The first kappa shape index (κ1) is 12.1. The fourth-order valence-electron chi connectivity index (χ4n) is 1.21. The molecule has 1 aromatic carbocycles. The second kappa shape index (κ2) is 4.71. The summed E-state index contributed by atoms with van der Waals surface area (Å²) in [5, 5.41) is 17.9. The molecule has 0 aliphatic heterocycles. The molecule has 86 valence electrons. The molecule has 2 N–H and O–H groups in total. The van der Waals surface area contributed by atoms with E-state index in [9.17, 15) is 19.1 Å². The molecule has 0 saturated heterocycles. The monoisotopic (exact) mass is 228 g/mol. The Morgan fingerprint density at radius 2 is 2.19 bits per heavy atom. The molecule has 6 heteroatoms. The molecule has 1 atom stereocenters. The molecular weight excluding hydrogens is 219 g/mol. The Kier molecular flexibility index (Phi) is 3.57. The molecular formula is C10H9FO5. The summed E-state index contributed by atoms with van der Waals surface area (Å²) >= 11 is 0. The van der Waals surface area contributed by atoms with Crippen LogP contribution < -0.4 is 4.74 Å². The van der Waals surface area contributed by atoms with Crippen LogP contribution in [0.4, 0.5) is 4.39 Å². The van der Waals surface area contributed by atoms with Gasteiger partial charge in [-0.3, -0.25) is 4.79 Å². The summed E-state index contributed by atoms with van der Waals surface area (Å²) in [6.45, 7) is 0. The van der Waals surface area contributed by atoms with E-state index >= 15 is 0 Å². The number of aliphatic hydroxyl groups excluding tert-OH is 1. The molecule has 0 aromatic heterocycles. The predicted octanol–water partition coefficient (Wildman–Crippen LogP) is 0.765. The van der Waals surface area contributed by atoms with Crippen molar-refractivity contribution in [1.82, 2.24) is 0 Å². The molecule has 0 spiro atoms. The first-order valence-corrected chi connectivity index (χ1v) is 4.24. The number of aliphatic hydroxyl groups is 1. The normalized spacial score (nSPS) is 11.9. The third-order valence-corrected chi connectivity index (χ3v) is 2.02. The maximum atomic E-state index is 13.3. The summed E-state index contributed by atoms with van der Waals surface area (Å²) in [5.74, 6) is -2.49. The van der Waals surface area contributed by atoms with Crippen LogP contribution in [-0.4, -0.2) is 29.6 Å². The van der Waals surface area contributed by atoms with E-state index in [1.807, 2.05) is 0 Å². The van der Waals surface area contributed by atoms with Crippen molar-refractivity contribution in [3.05, 3.63) is 29.1 Å². The van der Waals surface area contributed by atoms with Gasteiger partial charge in [0.2, 0.25) is 0 Å². The first-order chi connectivity index (χ1) is 7.51. The highest BCUT2D eigenvalue weighted by Gasteiger charge is 2.22. The van der Waals surface area contributed by atoms with Crippen LogP contribution in [0.1, 0.15) is 22.0 Å². The molecule has 0 fully saturated rings. The number of halogens is 1. The van der Waals surface area contributed by atoms with Crippen molar-refractivity contribution in [2.45, 2.75) is 6.10 Å². The number of aliphatic carboxylic acids is 1. The fourth-order valence-corrected chi connectivity index (χ4v) is 1.21. The average Bonchev–Trinajstić information content (AvgIpc) is 2.26. The number of hydrogen-bond donors (Lipinski definition) is 2. The summed E-state index contributed by atoms with van der Waals surface area (Å²) in [4.78, 5) is 21.1. The lowest BCUT2D eigenvalue weighted by atomic mass is 10.0. The van der Waals surface area contributed by atoms with E-state index in [0.717, 1.165) is 12.1 Å². The first-order valence-electron chi connectivity index (χ1n) is 4.24. The molecule has 1 rings (SSSR count). The number of carbonyl (C=O) groups excluding carboxylic acids is 1. The number of benzene rings is 1. The Labute approximate surface area is 90.1 Å². The molecule has 1 aromatic rings. The van der Waals surface area contributed by atoms with Crippen LogP contribution >= 0.6 is 0 Å². The average molecular weight is 228 g/mol. The van der Waals surface area contributed by atoms with E-state index in [4.69, 9.17) is 9.84 Å². The molecule has 1 unspecified atom stereocenters. The minimum atomic E-state index is -1.97. The standard InChI is InChI=1S/C10H9FO5/c1-16-5-2-6(9(13)10(14)15)7(4-12)8(11)3-5/h2-4,9,13H,1H3,(H,14,15). The van der Waals surface area contributed by atoms with E-state index < -0.39 is 23.5 Å². The molecule has 0 saturated carbocycles. The summed E-state index contributed by atoms with van der Waals surface area (Å²) in [5.41, 5.74) is -0.824. The molecule has 0 radical (unpaired) electrons. The van der Waals surface area contributed by atoms with Crippen LogP contribution in [0.2, 0.25) is 0 Å². The number of carboxylic acids is 1. The third kappa shape index (κ3) is 2.17. The zero-order chi connectivity index (χ0) is 12.3. The van der Waals surface area contributed by atoms with Gasteiger partial charge in [-0.15, -0.1) is 0 Å². The maximum absolute atomic E-state index is 13.3. The molecule has 0 aliphatic carbocycles. The molecule has 0 aliphatic rings. The molecule has 0 heterocycles. The Morgan fingerprint density at radius 1 is 1.56 bits per heavy atom. The minimum Gasteiger partial charge on any atom is -0.497 e. The molecule has 5 nitrogen and oxygen atoms in total. The van der Waals surface area contributed by atoms with Crippen molar-refractivity contribution in [1.29, 1.82) is 0 Å². The van der Waals surface area contributed by atoms with E-state index in [1.54, 1.807) is 0 Å². The number of carboxylic acid groups (broad SMARTS) is 1. The minimum absolute atomic E-state index is 0.0263. The van der Waals surface area contributed by atoms with Crippen molar-refractivity contribution in [3.8, 4) is 5.75 Å². The van der Waals surface area contributed by atoms with Crippen LogP contribution in [0.25, 0.3) is 0 Å².